The molecular formula is C13H17ClN2OS2. The van der Waals surface area contributed by atoms with E-state index in [0.29, 0.717) is 22.5 Å². The number of thioether (sulfide) groups is 2. The van der Waals surface area contributed by atoms with Crippen molar-refractivity contribution in [3.05, 3.63) is 29.3 Å². The molecule has 1 fully saturated rings. The third kappa shape index (κ3) is 5.26. The van der Waals surface area contributed by atoms with E-state index in [9.17, 15) is 4.79 Å². The number of hydrogen-bond donors (Lipinski definition) is 2. The van der Waals surface area contributed by atoms with E-state index >= 15 is 0 Å². The van der Waals surface area contributed by atoms with Crippen molar-refractivity contribution in [2.45, 2.75) is 5.25 Å². The number of benzene rings is 1. The van der Waals surface area contributed by atoms with Crippen molar-refractivity contribution in [3.63, 3.8) is 0 Å². The standard InChI is InChI=1S/C13H17ClN2OS2/c14-11-3-1-2-4-12(11)16-13(17)8-15-7-10-9-18-5-6-19-10/h1-4,10,15H,5-9H2,(H,16,17). The first-order valence-electron chi connectivity index (χ1n) is 6.20. The van der Waals surface area contributed by atoms with Gasteiger partial charge in [0.25, 0.3) is 0 Å². The molecule has 1 aliphatic rings. The minimum absolute atomic E-state index is 0.0541. The fourth-order valence-corrected chi connectivity index (χ4v) is 4.59. The average Bonchev–Trinajstić information content (AvgIpc) is 2.43. The van der Waals surface area contributed by atoms with Crippen molar-refractivity contribution in [2.24, 2.45) is 0 Å². The molecule has 0 radical (unpaired) electrons. The van der Waals surface area contributed by atoms with Crippen LogP contribution in [-0.4, -0.2) is 41.5 Å². The molecule has 1 aromatic carbocycles. The predicted octanol–water partition coefficient (Wildman–Crippen LogP) is 2.72. The Morgan fingerprint density at radius 1 is 1.37 bits per heavy atom. The Morgan fingerprint density at radius 3 is 2.95 bits per heavy atom. The Balaban J connectivity index is 1.68. The number of amides is 1. The highest BCUT2D eigenvalue weighted by atomic mass is 35.5. The van der Waals surface area contributed by atoms with Crippen molar-refractivity contribution in [1.29, 1.82) is 0 Å². The first kappa shape index (κ1) is 15.0. The lowest BCUT2D eigenvalue weighted by molar-refractivity contribution is -0.115. The van der Waals surface area contributed by atoms with Crippen LogP contribution in [0.25, 0.3) is 0 Å². The van der Waals surface area contributed by atoms with Gasteiger partial charge in [-0.1, -0.05) is 23.7 Å². The highest BCUT2D eigenvalue weighted by molar-refractivity contribution is 8.06. The summed E-state index contributed by atoms with van der Waals surface area (Å²) in [5.41, 5.74) is 0.665. The fourth-order valence-electron chi connectivity index (χ4n) is 1.76. The monoisotopic (exact) mass is 316 g/mol. The molecule has 1 atom stereocenters. The topological polar surface area (TPSA) is 41.1 Å². The Bertz CT molecular complexity index is 425. The zero-order valence-electron chi connectivity index (χ0n) is 10.5. The van der Waals surface area contributed by atoms with Crippen molar-refractivity contribution < 1.29 is 4.79 Å². The summed E-state index contributed by atoms with van der Waals surface area (Å²) in [6, 6.07) is 7.26. The molecule has 0 spiro atoms. The van der Waals surface area contributed by atoms with Gasteiger partial charge in [-0.15, -0.1) is 0 Å². The molecule has 1 amide bonds. The minimum atomic E-state index is -0.0541. The molecule has 1 aliphatic heterocycles. The third-order valence-electron chi connectivity index (χ3n) is 2.69. The third-order valence-corrected chi connectivity index (χ3v) is 5.86. The van der Waals surface area contributed by atoms with Crippen molar-refractivity contribution in [2.75, 3.05) is 35.7 Å². The summed E-state index contributed by atoms with van der Waals surface area (Å²) < 4.78 is 0. The summed E-state index contributed by atoms with van der Waals surface area (Å²) in [5, 5.41) is 7.19. The van der Waals surface area contributed by atoms with E-state index in [1.54, 1.807) is 12.1 Å². The van der Waals surface area contributed by atoms with Crippen LogP contribution in [0.2, 0.25) is 5.02 Å². The van der Waals surface area contributed by atoms with Crippen LogP contribution in [-0.2, 0) is 4.79 Å². The van der Waals surface area contributed by atoms with Gasteiger partial charge in [-0.2, -0.15) is 23.5 Å². The molecule has 2 N–H and O–H groups in total. The van der Waals surface area contributed by atoms with Gasteiger partial charge in [0, 0.05) is 29.1 Å². The largest absolute Gasteiger partial charge is 0.324 e. The Labute approximate surface area is 127 Å². The summed E-state index contributed by atoms with van der Waals surface area (Å²) >= 11 is 9.96. The average molecular weight is 317 g/mol. The van der Waals surface area contributed by atoms with Crippen LogP contribution in [0.4, 0.5) is 5.69 Å². The van der Waals surface area contributed by atoms with E-state index in [1.165, 1.54) is 17.3 Å². The molecule has 19 heavy (non-hydrogen) atoms. The van der Waals surface area contributed by atoms with Crippen LogP contribution < -0.4 is 10.6 Å². The zero-order valence-corrected chi connectivity index (χ0v) is 12.9. The number of hydrogen-bond acceptors (Lipinski definition) is 4. The molecular weight excluding hydrogens is 300 g/mol. The molecule has 3 nitrogen and oxygen atoms in total. The van der Waals surface area contributed by atoms with Crippen LogP contribution in [0, 0.1) is 0 Å². The van der Waals surface area contributed by atoms with E-state index < -0.39 is 0 Å². The molecule has 0 saturated carbocycles. The molecule has 1 saturated heterocycles. The van der Waals surface area contributed by atoms with Crippen LogP contribution in [0.15, 0.2) is 24.3 Å². The summed E-state index contributed by atoms with van der Waals surface area (Å²) in [6.07, 6.45) is 0. The van der Waals surface area contributed by atoms with Crippen molar-refractivity contribution in [1.82, 2.24) is 5.32 Å². The maximum Gasteiger partial charge on any atom is 0.238 e. The second kappa shape index (κ2) is 8.04. The lowest BCUT2D eigenvalue weighted by atomic mass is 10.3. The molecule has 1 heterocycles. The van der Waals surface area contributed by atoms with E-state index in [-0.39, 0.29) is 5.91 Å². The van der Waals surface area contributed by atoms with Gasteiger partial charge in [0.2, 0.25) is 5.91 Å². The van der Waals surface area contributed by atoms with Gasteiger partial charge in [-0.05, 0) is 12.1 Å². The Hall–Kier alpha value is -0.360. The molecule has 2 rings (SSSR count). The minimum Gasteiger partial charge on any atom is -0.324 e. The quantitative estimate of drug-likeness (QED) is 0.876. The first-order chi connectivity index (χ1) is 9.25. The van der Waals surface area contributed by atoms with E-state index in [1.807, 2.05) is 35.7 Å². The van der Waals surface area contributed by atoms with Crippen LogP contribution in [0.3, 0.4) is 0 Å². The summed E-state index contributed by atoms with van der Waals surface area (Å²) in [5.74, 6) is 3.57. The summed E-state index contributed by atoms with van der Waals surface area (Å²) in [4.78, 5) is 11.8. The van der Waals surface area contributed by atoms with Gasteiger partial charge in [-0.3, -0.25) is 4.79 Å². The predicted molar refractivity (Wildman–Crippen MR) is 86.5 cm³/mol. The number of halogens is 1. The number of para-hydroxylation sites is 1. The number of carbonyl (C=O) groups excluding carboxylic acids is 1. The zero-order chi connectivity index (χ0) is 13.5. The maximum atomic E-state index is 11.8. The molecule has 0 bridgehead atoms. The van der Waals surface area contributed by atoms with Gasteiger partial charge >= 0.3 is 0 Å². The van der Waals surface area contributed by atoms with E-state index in [4.69, 9.17) is 11.6 Å². The highest BCUT2D eigenvalue weighted by Gasteiger charge is 2.14. The fraction of sp³-hybridized carbons (Fsp3) is 0.462. The molecule has 0 aliphatic carbocycles. The Morgan fingerprint density at radius 2 is 2.21 bits per heavy atom. The number of nitrogens with one attached hydrogen (secondary N) is 2. The summed E-state index contributed by atoms with van der Waals surface area (Å²) in [7, 11) is 0. The van der Waals surface area contributed by atoms with Crippen LogP contribution >= 0.6 is 35.1 Å². The molecule has 0 aromatic heterocycles. The van der Waals surface area contributed by atoms with Crippen LogP contribution in [0.5, 0.6) is 0 Å². The van der Waals surface area contributed by atoms with Gasteiger partial charge in [0.05, 0.1) is 17.3 Å². The lowest BCUT2D eigenvalue weighted by Crippen LogP contribution is -2.34. The lowest BCUT2D eigenvalue weighted by Gasteiger charge is -2.21. The summed E-state index contributed by atoms with van der Waals surface area (Å²) in [6.45, 7) is 1.21. The highest BCUT2D eigenvalue weighted by Crippen LogP contribution is 2.23. The Kier molecular flexibility index (Phi) is 6.37. The van der Waals surface area contributed by atoms with Gasteiger partial charge < -0.3 is 10.6 Å². The molecule has 104 valence electrons. The van der Waals surface area contributed by atoms with Crippen molar-refractivity contribution >= 4 is 46.7 Å². The van der Waals surface area contributed by atoms with E-state index in [0.717, 1.165) is 6.54 Å². The second-order valence-corrected chi connectivity index (χ2v) is 7.19. The molecule has 6 heteroatoms. The van der Waals surface area contributed by atoms with E-state index in [2.05, 4.69) is 10.6 Å². The van der Waals surface area contributed by atoms with Gasteiger partial charge in [0.15, 0.2) is 0 Å². The number of carbonyl (C=O) groups is 1. The van der Waals surface area contributed by atoms with Gasteiger partial charge in [0.1, 0.15) is 0 Å². The normalized spacial score (nSPS) is 19.1. The molecule has 1 aromatic rings. The van der Waals surface area contributed by atoms with Crippen LogP contribution in [0.1, 0.15) is 0 Å². The second-order valence-electron chi connectivity index (χ2n) is 4.23. The SMILES string of the molecule is O=C(CNCC1CSCCS1)Nc1ccccc1Cl. The smallest absolute Gasteiger partial charge is 0.238 e. The number of rotatable bonds is 5. The molecule has 1 unspecified atom stereocenters. The maximum absolute atomic E-state index is 11.8. The first-order valence-corrected chi connectivity index (χ1v) is 8.78. The van der Waals surface area contributed by atoms with Gasteiger partial charge in [-0.25, -0.2) is 0 Å². The number of anilines is 1. The van der Waals surface area contributed by atoms with Crippen molar-refractivity contribution in [3.8, 4) is 0 Å².